The first kappa shape index (κ1) is 40.3. The van der Waals surface area contributed by atoms with Crippen LogP contribution in [0.15, 0.2) is 133 Å². The molecule has 0 spiro atoms. The van der Waals surface area contributed by atoms with Crippen molar-refractivity contribution >= 4 is 40.7 Å². The van der Waals surface area contributed by atoms with Crippen LogP contribution in [-0.2, 0) is 18.3 Å². The van der Waals surface area contributed by atoms with Crippen LogP contribution in [-0.4, -0.2) is 7.05 Å². The molecule has 0 aliphatic heterocycles. The fraction of sp³-hybridized carbons (Fsp3) is 0.176. The molecule has 0 heterocycles. The van der Waals surface area contributed by atoms with Gasteiger partial charge in [0.05, 0.1) is 15.9 Å². The molecular weight excluding hydrogens is 716 g/mol. The molecule has 0 radical (unpaired) electrons. The number of hydrogen-bond acceptors (Lipinski definition) is 8. The first-order valence-corrected chi connectivity index (χ1v) is 21.5. The Balaban J connectivity index is 1.76. The molecule has 3 aromatic rings. The van der Waals surface area contributed by atoms with Crippen LogP contribution in [0.4, 0.5) is 0 Å². The van der Waals surface area contributed by atoms with Gasteiger partial charge < -0.3 is 33.4 Å². The fourth-order valence-corrected chi connectivity index (χ4v) is 9.97. The summed E-state index contributed by atoms with van der Waals surface area (Å²) in [7, 11) is -12.8. The monoisotopic (exact) mass is 760 g/mol. The highest BCUT2D eigenvalue weighted by Crippen LogP contribution is 2.57. The van der Waals surface area contributed by atoms with Gasteiger partial charge in [-0.2, -0.15) is 0 Å². The second kappa shape index (κ2) is 16.2. The van der Waals surface area contributed by atoms with Gasteiger partial charge in [-0.25, -0.2) is 9.13 Å². The van der Waals surface area contributed by atoms with Crippen LogP contribution in [0.25, 0.3) is 0 Å². The topological polar surface area (TPSA) is 153 Å². The molecule has 0 aliphatic rings. The summed E-state index contributed by atoms with van der Waals surface area (Å²) in [5.41, 5.74) is 1.52. The zero-order valence-electron chi connectivity index (χ0n) is 29.0. The Morgan fingerprint density at radius 3 is 0.940 bits per heavy atom. The summed E-state index contributed by atoms with van der Waals surface area (Å²) < 4.78 is 77.5. The molecule has 0 bridgehead atoms. The Labute approximate surface area is 294 Å². The van der Waals surface area contributed by atoms with E-state index >= 15 is 0 Å². The van der Waals surface area contributed by atoms with E-state index in [0.29, 0.717) is 27.7 Å². The number of nitrogens with one attached hydrogen (secondary N) is 4. The second-order valence-corrected chi connectivity index (χ2v) is 20.2. The smallest absolute Gasteiger partial charge is 0.413 e. The maximum Gasteiger partial charge on any atom is 0.457 e. The first-order valence-electron chi connectivity index (χ1n) is 15.0. The third-order valence-electron chi connectivity index (χ3n) is 6.42. The summed E-state index contributed by atoms with van der Waals surface area (Å²) in [6, 6.07) is 18.2. The molecule has 16 heteroatoms. The highest BCUT2D eigenvalue weighted by atomic mass is 31.2. The molecule has 3 unspecified atom stereocenters. The highest BCUT2D eigenvalue weighted by Gasteiger charge is 2.33. The Kier molecular flexibility index (Phi) is 13.1. The van der Waals surface area contributed by atoms with Gasteiger partial charge in [0, 0.05) is 22.4 Å². The molecule has 0 saturated carbocycles. The van der Waals surface area contributed by atoms with E-state index in [4.69, 9.17) is 18.1 Å². The highest BCUT2D eigenvalue weighted by molar-refractivity contribution is 7.68. The minimum atomic E-state index is -3.97. The van der Waals surface area contributed by atoms with Crippen molar-refractivity contribution in [1.29, 1.82) is 0 Å². The molecule has 3 atom stereocenters. The molecule has 3 aromatic carbocycles. The van der Waals surface area contributed by atoms with Gasteiger partial charge in [-0.15, -0.1) is 0 Å². The Bertz CT molecular complexity index is 1960. The van der Waals surface area contributed by atoms with E-state index in [2.05, 4.69) is 53.2 Å². The molecule has 0 amide bonds. The Morgan fingerprint density at radius 1 is 0.460 bits per heavy atom. The van der Waals surface area contributed by atoms with Crippen molar-refractivity contribution in [3.8, 4) is 23.0 Å². The van der Waals surface area contributed by atoms with Gasteiger partial charge in [0.15, 0.2) is 0 Å². The van der Waals surface area contributed by atoms with Crippen molar-refractivity contribution in [3.05, 3.63) is 133 Å². The lowest BCUT2D eigenvalue weighted by atomic mass is 10.3. The van der Waals surface area contributed by atoms with E-state index in [1.54, 1.807) is 52.1 Å². The third-order valence-corrected chi connectivity index (χ3v) is 14.9. The van der Waals surface area contributed by atoms with E-state index in [0.717, 1.165) is 0 Å². The zero-order valence-corrected chi connectivity index (χ0v) is 32.6. The molecule has 12 nitrogen and oxygen atoms in total. The molecule has 0 fully saturated rings. The molecule has 4 N–H and O–H groups in total. The largest absolute Gasteiger partial charge is 0.457 e. The minimum Gasteiger partial charge on any atom is -0.413 e. The van der Waals surface area contributed by atoms with Crippen LogP contribution in [0.1, 0.15) is 34.6 Å². The quantitative estimate of drug-likeness (QED) is 0.0862. The van der Waals surface area contributed by atoms with E-state index in [1.165, 1.54) is 62.4 Å². The predicted octanol–water partition coefficient (Wildman–Crippen LogP) is 9.28. The van der Waals surface area contributed by atoms with Crippen LogP contribution in [0.2, 0.25) is 0 Å². The van der Waals surface area contributed by atoms with E-state index < -0.39 is 30.1 Å². The second-order valence-electron chi connectivity index (χ2n) is 11.4. The average Bonchev–Trinajstić information content (AvgIpc) is 3.01. The van der Waals surface area contributed by atoms with Crippen LogP contribution in [0.3, 0.4) is 0 Å². The standard InChI is InChI=1S/C34H44N4O8P4/c1-24(2)36-47(39,35-11)33-20-16-31(17-21-33)45-49(41,27(7)8)43-29-12-14-30(15-13-29)44-50(42,28(9)10)46-32-18-22-34(23-19-32)48(40,37-25(3)4)38-26(5)6/h12-23H,1,3,5,7,9H2,2,4,6,8,10-11H3,(H2,35,36,39)(H2,37,38,40). The van der Waals surface area contributed by atoms with Gasteiger partial charge in [0.1, 0.15) is 23.0 Å². The number of hydrogen-bond donors (Lipinski definition) is 4. The maximum absolute atomic E-state index is 13.8. The van der Waals surface area contributed by atoms with E-state index in [1.807, 2.05) is 0 Å². The molecule has 50 heavy (non-hydrogen) atoms. The van der Waals surface area contributed by atoms with Gasteiger partial charge in [0.2, 0.25) is 0 Å². The summed E-state index contributed by atoms with van der Waals surface area (Å²) in [5, 5.41) is 12.5. The SMILES string of the molecule is C=C(C)NP(=O)(NC)c1ccc(OP(=O)(Oc2ccc(OP(=O)(Oc3ccc(P(=O)(NC(=C)C)NC(=C)C)cc3)C(=C)C)cc2)C(=C)C)cc1. The molecule has 268 valence electrons. The van der Waals surface area contributed by atoms with Gasteiger partial charge in [-0.1, -0.05) is 32.9 Å². The van der Waals surface area contributed by atoms with Crippen molar-refractivity contribution in [3.63, 3.8) is 0 Å². The van der Waals surface area contributed by atoms with Gasteiger partial charge in [-0.3, -0.25) is 14.2 Å². The minimum absolute atomic E-state index is 0.133. The Hall–Kier alpha value is -4.16. The zero-order chi connectivity index (χ0) is 37.5. The summed E-state index contributed by atoms with van der Waals surface area (Å²) in [6.07, 6.45) is 0. The van der Waals surface area contributed by atoms with Crippen LogP contribution in [0, 0.1) is 0 Å². The van der Waals surface area contributed by atoms with E-state index in [-0.39, 0.29) is 33.6 Å². The normalized spacial score (nSPS) is 14.7. The fourth-order valence-electron chi connectivity index (χ4n) is 4.11. The van der Waals surface area contributed by atoms with Gasteiger partial charge in [0.25, 0.3) is 14.9 Å². The lowest BCUT2D eigenvalue weighted by molar-refractivity contribution is 0.389. The van der Waals surface area contributed by atoms with Gasteiger partial charge >= 0.3 is 15.2 Å². The maximum atomic E-state index is 13.8. The van der Waals surface area contributed by atoms with E-state index in [9.17, 15) is 18.3 Å². The number of allylic oxidation sites excluding steroid dienone is 5. The van der Waals surface area contributed by atoms with Crippen LogP contribution in [0.5, 0.6) is 23.0 Å². The number of benzene rings is 3. The lowest BCUT2D eigenvalue weighted by Crippen LogP contribution is -2.27. The Morgan fingerprint density at radius 2 is 0.700 bits per heavy atom. The van der Waals surface area contributed by atoms with Gasteiger partial charge in [-0.05, 0) is 114 Å². The average molecular weight is 761 g/mol. The molecular formula is C34H44N4O8P4. The van der Waals surface area contributed by atoms with Crippen molar-refractivity contribution in [1.82, 2.24) is 20.3 Å². The summed E-state index contributed by atoms with van der Waals surface area (Å²) in [6.45, 7) is 27.0. The lowest BCUT2D eigenvalue weighted by Gasteiger charge is -2.24. The first-order chi connectivity index (χ1) is 23.2. The molecule has 0 aromatic heterocycles. The van der Waals surface area contributed by atoms with Crippen molar-refractivity contribution < 1.29 is 36.4 Å². The van der Waals surface area contributed by atoms with Crippen LogP contribution < -0.4 is 49.1 Å². The molecule has 0 saturated heterocycles. The van der Waals surface area contributed by atoms with Crippen molar-refractivity contribution in [2.45, 2.75) is 34.6 Å². The third kappa shape index (κ3) is 10.4. The predicted molar refractivity (Wildman–Crippen MR) is 204 cm³/mol. The molecule has 0 aliphatic carbocycles. The summed E-state index contributed by atoms with van der Waals surface area (Å²) in [4.78, 5) is 0. The van der Waals surface area contributed by atoms with Crippen molar-refractivity contribution in [2.75, 3.05) is 7.05 Å². The van der Waals surface area contributed by atoms with Crippen molar-refractivity contribution in [2.24, 2.45) is 0 Å². The number of rotatable bonds is 19. The van der Waals surface area contributed by atoms with Crippen LogP contribution >= 0.6 is 30.1 Å². The summed E-state index contributed by atoms with van der Waals surface area (Å²) >= 11 is 0. The molecule has 3 rings (SSSR count). The summed E-state index contributed by atoms with van der Waals surface area (Å²) in [5.74, 6) is 0.696.